The van der Waals surface area contributed by atoms with Gasteiger partial charge in [0.05, 0.1) is 6.10 Å². The summed E-state index contributed by atoms with van der Waals surface area (Å²) in [5.41, 5.74) is 4.86. The molecule has 0 radical (unpaired) electrons. The van der Waals surface area contributed by atoms with E-state index >= 15 is 0 Å². The number of hydrogen-bond donors (Lipinski definition) is 3. The molecule has 1 aliphatic heterocycles. The molecule has 0 spiro atoms. The van der Waals surface area contributed by atoms with Crippen LogP contribution in [0.3, 0.4) is 0 Å². The maximum atomic E-state index is 12.1. The lowest BCUT2D eigenvalue weighted by Crippen LogP contribution is -2.39. The Kier molecular flexibility index (Phi) is 6.99. The Morgan fingerprint density at radius 2 is 2.28 bits per heavy atom. The summed E-state index contributed by atoms with van der Waals surface area (Å²) in [7, 11) is 1.20. The van der Waals surface area contributed by atoms with Crippen LogP contribution in [-0.4, -0.2) is 47.3 Å². The first kappa shape index (κ1) is 20.3. The molecule has 1 saturated heterocycles. The average molecular weight is 407 g/mol. The SMILES string of the molecule is C#CCO[C@H]1[C@@H](OP(=O)(S)OC)[C@@H](CS)O[C@H]1n1ccc(N)nc1=O. The molecule has 2 rings (SSSR count). The molecule has 0 bridgehead atoms. The Hall–Kier alpha value is -0.990. The minimum atomic E-state index is -3.65. The van der Waals surface area contributed by atoms with Crippen LogP contribution in [0.5, 0.6) is 0 Å². The third-order valence-corrected chi connectivity index (χ3v) is 5.54. The van der Waals surface area contributed by atoms with Gasteiger partial charge < -0.3 is 19.7 Å². The van der Waals surface area contributed by atoms with Gasteiger partial charge in [-0.15, -0.1) is 6.42 Å². The van der Waals surface area contributed by atoms with Crippen LogP contribution in [-0.2, 0) is 23.1 Å². The number of thiol groups is 2. The number of rotatable bonds is 7. The Balaban J connectivity index is 2.40. The van der Waals surface area contributed by atoms with Crippen LogP contribution in [0, 0.1) is 12.3 Å². The van der Waals surface area contributed by atoms with E-state index in [9.17, 15) is 9.36 Å². The van der Waals surface area contributed by atoms with E-state index < -0.39 is 37.0 Å². The van der Waals surface area contributed by atoms with Crippen molar-refractivity contribution < 1.29 is 23.1 Å². The number of terminal acetylenes is 1. The maximum absolute atomic E-state index is 12.1. The first-order chi connectivity index (χ1) is 11.8. The molecule has 0 amide bonds. The lowest BCUT2D eigenvalue weighted by molar-refractivity contribution is -0.0585. The van der Waals surface area contributed by atoms with E-state index in [0.717, 1.165) is 0 Å². The number of ether oxygens (including phenoxy) is 2. The fourth-order valence-electron chi connectivity index (χ4n) is 2.34. The molecule has 9 nitrogen and oxygen atoms in total. The van der Waals surface area contributed by atoms with Crippen molar-refractivity contribution in [2.24, 2.45) is 0 Å². The van der Waals surface area contributed by atoms with Crippen molar-refractivity contribution in [3.63, 3.8) is 0 Å². The summed E-state index contributed by atoms with van der Waals surface area (Å²) in [6.07, 6.45) is 3.32. The van der Waals surface area contributed by atoms with Gasteiger partial charge in [-0.25, -0.2) is 9.36 Å². The number of hydrogen-bond acceptors (Lipinski definition) is 9. The third-order valence-electron chi connectivity index (χ3n) is 3.44. The monoisotopic (exact) mass is 407 g/mol. The molecule has 2 N–H and O–H groups in total. The molecule has 1 unspecified atom stereocenters. The van der Waals surface area contributed by atoms with Gasteiger partial charge in [-0.2, -0.15) is 17.6 Å². The second kappa shape index (κ2) is 8.60. The summed E-state index contributed by atoms with van der Waals surface area (Å²) in [5.74, 6) is 2.59. The fourth-order valence-corrected chi connectivity index (χ4v) is 3.61. The zero-order valence-corrected chi connectivity index (χ0v) is 15.9. The third kappa shape index (κ3) is 4.80. The van der Waals surface area contributed by atoms with Crippen LogP contribution in [0.1, 0.15) is 6.23 Å². The highest BCUT2D eigenvalue weighted by atomic mass is 32.7. The predicted octanol–water partition coefficient (Wildman–Crippen LogP) is 0.741. The molecule has 5 atom stereocenters. The quantitative estimate of drug-likeness (QED) is 0.345. The molecule has 2 heterocycles. The van der Waals surface area contributed by atoms with E-state index in [4.69, 9.17) is 30.7 Å². The Morgan fingerprint density at radius 3 is 2.84 bits per heavy atom. The Labute approximate surface area is 155 Å². The number of nitrogen functional groups attached to an aromatic ring is 1. The van der Waals surface area contributed by atoms with Crippen LogP contribution < -0.4 is 11.4 Å². The molecule has 138 valence electrons. The lowest BCUT2D eigenvalue weighted by atomic mass is 10.1. The molecule has 1 fully saturated rings. The molecular formula is C13H18N3O6PS2. The van der Waals surface area contributed by atoms with Crippen molar-refractivity contribution in [1.29, 1.82) is 0 Å². The summed E-state index contributed by atoms with van der Waals surface area (Å²) in [5, 5.41) is 0. The molecule has 0 aliphatic carbocycles. The minimum absolute atomic E-state index is 0.0677. The normalized spacial score (nSPS) is 28.4. The highest BCUT2D eigenvalue weighted by Gasteiger charge is 2.49. The second-order valence-electron chi connectivity index (χ2n) is 4.99. The van der Waals surface area contributed by atoms with Crippen molar-refractivity contribution >= 4 is 37.5 Å². The minimum Gasteiger partial charge on any atom is -0.383 e. The summed E-state index contributed by atoms with van der Waals surface area (Å²) < 4.78 is 34.9. The second-order valence-corrected chi connectivity index (χ2v) is 8.34. The van der Waals surface area contributed by atoms with Gasteiger partial charge in [-0.3, -0.25) is 9.09 Å². The topological polar surface area (TPSA) is 115 Å². The van der Waals surface area contributed by atoms with Crippen molar-refractivity contribution in [2.45, 2.75) is 24.5 Å². The van der Waals surface area contributed by atoms with Crippen molar-refractivity contribution in [3.05, 3.63) is 22.7 Å². The van der Waals surface area contributed by atoms with Gasteiger partial charge in [0, 0.05) is 19.1 Å². The van der Waals surface area contributed by atoms with E-state index in [-0.39, 0.29) is 18.2 Å². The van der Waals surface area contributed by atoms with E-state index in [1.165, 1.54) is 23.9 Å². The van der Waals surface area contributed by atoms with Crippen LogP contribution >= 0.6 is 31.7 Å². The number of anilines is 1. The van der Waals surface area contributed by atoms with Crippen LogP contribution in [0.15, 0.2) is 17.1 Å². The van der Waals surface area contributed by atoms with Gasteiger partial charge in [0.1, 0.15) is 24.6 Å². The van der Waals surface area contributed by atoms with Crippen LogP contribution in [0.25, 0.3) is 0 Å². The molecular weight excluding hydrogens is 389 g/mol. The molecule has 1 aromatic heterocycles. The van der Waals surface area contributed by atoms with Crippen LogP contribution in [0.2, 0.25) is 0 Å². The van der Waals surface area contributed by atoms with E-state index in [0.29, 0.717) is 0 Å². The van der Waals surface area contributed by atoms with Crippen molar-refractivity contribution in [3.8, 4) is 12.3 Å². The van der Waals surface area contributed by atoms with Crippen LogP contribution in [0.4, 0.5) is 5.82 Å². The van der Waals surface area contributed by atoms with Crippen molar-refractivity contribution in [1.82, 2.24) is 9.55 Å². The Morgan fingerprint density at radius 1 is 1.56 bits per heavy atom. The smallest absolute Gasteiger partial charge is 0.383 e. The maximum Gasteiger partial charge on any atom is 0.386 e. The van der Waals surface area contributed by atoms with Crippen molar-refractivity contribution in [2.75, 3.05) is 25.2 Å². The van der Waals surface area contributed by atoms with Gasteiger partial charge in [0.2, 0.25) is 0 Å². The van der Waals surface area contributed by atoms with E-state index in [1.54, 1.807) is 0 Å². The molecule has 0 saturated carbocycles. The van der Waals surface area contributed by atoms with Gasteiger partial charge >= 0.3 is 12.5 Å². The lowest BCUT2D eigenvalue weighted by Gasteiger charge is -2.25. The molecule has 0 aromatic carbocycles. The first-order valence-electron chi connectivity index (χ1n) is 7.06. The first-order valence-corrected chi connectivity index (χ1v) is 10.4. The predicted molar refractivity (Wildman–Crippen MR) is 97.7 cm³/mol. The zero-order chi connectivity index (χ0) is 18.6. The van der Waals surface area contributed by atoms with Gasteiger partial charge in [0.25, 0.3) is 0 Å². The zero-order valence-electron chi connectivity index (χ0n) is 13.2. The molecule has 25 heavy (non-hydrogen) atoms. The van der Waals surface area contributed by atoms with E-state index in [1.807, 2.05) is 0 Å². The number of aromatic nitrogens is 2. The standard InChI is InChI=1S/C13H18N3O6PS2/c1-3-6-20-11-10(22-23(18,25)19-2)8(7-24)21-12(11)16-5-4-9(14)15-13(16)17/h1,4-5,8,10-12,24H,6-7H2,2H3,(H,18,25)(H2,14,15,17)/t8-,10+,11+,12-,23?/m1/s1. The highest BCUT2D eigenvalue weighted by molar-refractivity contribution is 8.44. The molecule has 1 aliphatic rings. The largest absolute Gasteiger partial charge is 0.386 e. The summed E-state index contributed by atoms with van der Waals surface area (Å²) in [6.45, 7) is -3.73. The summed E-state index contributed by atoms with van der Waals surface area (Å²) in [6, 6.07) is 1.44. The fraction of sp³-hybridized carbons (Fsp3) is 0.538. The Bertz CT molecular complexity index is 754. The van der Waals surface area contributed by atoms with Gasteiger partial charge in [-0.1, -0.05) is 18.2 Å². The number of nitrogens with two attached hydrogens (primary N) is 1. The highest BCUT2D eigenvalue weighted by Crippen LogP contribution is 2.55. The summed E-state index contributed by atoms with van der Waals surface area (Å²) >= 11 is 8.06. The summed E-state index contributed by atoms with van der Waals surface area (Å²) in [4.78, 5) is 15.8. The average Bonchev–Trinajstić information content (AvgIpc) is 2.89. The number of nitrogens with zero attached hydrogens (tertiary/aromatic N) is 2. The molecule has 1 aromatic rings. The van der Waals surface area contributed by atoms with E-state index in [2.05, 4.69) is 35.8 Å². The van der Waals surface area contributed by atoms with Gasteiger partial charge in [0.15, 0.2) is 6.23 Å². The van der Waals surface area contributed by atoms with Gasteiger partial charge in [-0.05, 0) is 6.07 Å². The molecule has 12 heteroatoms.